The SMILES string of the molecule is CCCN=C(NC(=O)c1cccc(C(F)(F)F)c1)OCC. The molecule has 0 heterocycles. The molecule has 1 aromatic carbocycles. The van der Waals surface area contributed by atoms with Crippen LogP contribution >= 0.6 is 0 Å². The summed E-state index contributed by atoms with van der Waals surface area (Å²) in [6.45, 7) is 4.38. The van der Waals surface area contributed by atoms with E-state index in [1.165, 1.54) is 12.1 Å². The van der Waals surface area contributed by atoms with Gasteiger partial charge in [-0.3, -0.25) is 10.1 Å². The second kappa shape index (κ2) is 7.66. The highest BCUT2D eigenvalue weighted by molar-refractivity contribution is 6.04. The van der Waals surface area contributed by atoms with Gasteiger partial charge in [0.1, 0.15) is 0 Å². The highest BCUT2D eigenvalue weighted by Gasteiger charge is 2.30. The number of carbonyl (C=O) groups excluding carboxylic acids is 1. The van der Waals surface area contributed by atoms with Crippen molar-refractivity contribution in [1.29, 1.82) is 0 Å². The van der Waals surface area contributed by atoms with Gasteiger partial charge in [0.15, 0.2) is 0 Å². The highest BCUT2D eigenvalue weighted by atomic mass is 19.4. The van der Waals surface area contributed by atoms with Crippen LogP contribution in [0.1, 0.15) is 36.2 Å². The summed E-state index contributed by atoms with van der Waals surface area (Å²) in [6, 6.07) is 4.20. The van der Waals surface area contributed by atoms with Gasteiger partial charge in [-0.1, -0.05) is 13.0 Å². The van der Waals surface area contributed by atoms with Crippen molar-refractivity contribution in [3.63, 3.8) is 0 Å². The van der Waals surface area contributed by atoms with E-state index in [1.54, 1.807) is 6.92 Å². The first-order chi connectivity index (χ1) is 9.88. The van der Waals surface area contributed by atoms with E-state index >= 15 is 0 Å². The van der Waals surface area contributed by atoms with Crippen molar-refractivity contribution < 1.29 is 22.7 Å². The summed E-state index contributed by atoms with van der Waals surface area (Å²) in [5.41, 5.74) is -0.979. The average Bonchev–Trinajstić information content (AvgIpc) is 2.44. The van der Waals surface area contributed by atoms with Crippen LogP contribution in [0.3, 0.4) is 0 Å². The number of amidine groups is 1. The molecule has 1 rings (SSSR count). The molecule has 116 valence electrons. The molecule has 0 aliphatic rings. The van der Waals surface area contributed by atoms with Crippen molar-refractivity contribution in [3.05, 3.63) is 35.4 Å². The van der Waals surface area contributed by atoms with E-state index in [0.29, 0.717) is 13.2 Å². The number of benzene rings is 1. The van der Waals surface area contributed by atoms with E-state index < -0.39 is 17.6 Å². The van der Waals surface area contributed by atoms with Crippen LogP contribution in [0.4, 0.5) is 13.2 Å². The van der Waals surface area contributed by atoms with Gasteiger partial charge in [0.25, 0.3) is 11.9 Å². The predicted molar refractivity (Wildman–Crippen MR) is 73.1 cm³/mol. The number of nitrogens with one attached hydrogen (secondary N) is 1. The van der Waals surface area contributed by atoms with Gasteiger partial charge in [-0.2, -0.15) is 13.2 Å². The Morgan fingerprint density at radius 3 is 2.62 bits per heavy atom. The number of ether oxygens (including phenoxy) is 1. The zero-order valence-electron chi connectivity index (χ0n) is 11.8. The third kappa shape index (κ3) is 5.45. The van der Waals surface area contributed by atoms with Crippen LogP contribution in [0.15, 0.2) is 29.3 Å². The molecule has 21 heavy (non-hydrogen) atoms. The molecule has 0 bridgehead atoms. The highest BCUT2D eigenvalue weighted by Crippen LogP contribution is 2.29. The number of aliphatic imine (C=N–C) groups is 1. The van der Waals surface area contributed by atoms with E-state index in [4.69, 9.17) is 4.74 Å². The number of rotatable bonds is 4. The molecule has 0 saturated carbocycles. The molecule has 1 aromatic rings. The van der Waals surface area contributed by atoms with Gasteiger partial charge in [-0.15, -0.1) is 0 Å². The number of amides is 1. The lowest BCUT2D eigenvalue weighted by Gasteiger charge is -2.11. The van der Waals surface area contributed by atoms with Crippen LogP contribution < -0.4 is 5.32 Å². The van der Waals surface area contributed by atoms with Crippen LogP contribution in [0.25, 0.3) is 0 Å². The summed E-state index contributed by atoms with van der Waals surface area (Å²) < 4.78 is 42.9. The van der Waals surface area contributed by atoms with Crippen molar-refractivity contribution >= 4 is 11.9 Å². The molecular weight excluding hydrogens is 285 g/mol. The fourth-order valence-electron chi connectivity index (χ4n) is 1.48. The molecule has 1 N–H and O–H groups in total. The second-order valence-electron chi connectivity index (χ2n) is 4.15. The summed E-state index contributed by atoms with van der Waals surface area (Å²) >= 11 is 0. The van der Waals surface area contributed by atoms with E-state index in [0.717, 1.165) is 18.6 Å². The lowest BCUT2D eigenvalue weighted by Crippen LogP contribution is -2.33. The van der Waals surface area contributed by atoms with Crippen LogP contribution in [-0.2, 0) is 10.9 Å². The fraction of sp³-hybridized carbons (Fsp3) is 0.429. The molecular formula is C14H17F3N2O2. The molecule has 7 heteroatoms. The van der Waals surface area contributed by atoms with Gasteiger partial charge in [0.2, 0.25) is 0 Å². The minimum Gasteiger partial charge on any atom is -0.465 e. The smallest absolute Gasteiger partial charge is 0.416 e. The van der Waals surface area contributed by atoms with Crippen molar-refractivity contribution in [2.45, 2.75) is 26.4 Å². The zero-order valence-corrected chi connectivity index (χ0v) is 11.8. The summed E-state index contributed by atoms with van der Waals surface area (Å²) in [5.74, 6) is -0.690. The van der Waals surface area contributed by atoms with Gasteiger partial charge >= 0.3 is 6.18 Å². The maximum absolute atomic E-state index is 12.6. The van der Waals surface area contributed by atoms with Crippen LogP contribution in [0.5, 0.6) is 0 Å². The largest absolute Gasteiger partial charge is 0.465 e. The Hall–Kier alpha value is -2.05. The van der Waals surface area contributed by atoms with Crippen molar-refractivity contribution in [2.24, 2.45) is 4.99 Å². The average molecular weight is 302 g/mol. The van der Waals surface area contributed by atoms with Crippen molar-refractivity contribution in [1.82, 2.24) is 5.32 Å². The third-order valence-corrected chi connectivity index (χ3v) is 2.43. The molecule has 0 spiro atoms. The van der Waals surface area contributed by atoms with Gasteiger partial charge < -0.3 is 4.74 Å². The lowest BCUT2D eigenvalue weighted by molar-refractivity contribution is -0.137. The Morgan fingerprint density at radius 1 is 1.33 bits per heavy atom. The molecule has 0 aliphatic heterocycles. The van der Waals surface area contributed by atoms with Gasteiger partial charge in [0.05, 0.1) is 12.2 Å². The molecule has 0 saturated heterocycles. The molecule has 0 radical (unpaired) electrons. The quantitative estimate of drug-likeness (QED) is 0.685. The Bertz CT molecular complexity index is 513. The standard InChI is InChI=1S/C14H17F3N2O2/c1-3-8-18-13(21-4-2)19-12(20)10-6-5-7-11(9-10)14(15,16)17/h5-7,9H,3-4,8H2,1-2H3,(H,18,19,20). The van der Waals surface area contributed by atoms with E-state index in [9.17, 15) is 18.0 Å². The Kier molecular flexibility index (Phi) is 6.20. The summed E-state index contributed by atoms with van der Waals surface area (Å²) in [6.07, 6.45) is -3.73. The number of halogens is 3. The molecule has 0 atom stereocenters. The van der Waals surface area contributed by atoms with Gasteiger partial charge in [-0.25, -0.2) is 4.99 Å². The number of hydrogen-bond donors (Lipinski definition) is 1. The minimum absolute atomic E-state index is 0.0155. The number of carbonyl (C=O) groups is 1. The first-order valence-electron chi connectivity index (χ1n) is 6.54. The second-order valence-corrected chi connectivity index (χ2v) is 4.15. The summed E-state index contributed by atoms with van der Waals surface area (Å²) in [7, 11) is 0. The first-order valence-corrected chi connectivity index (χ1v) is 6.54. The lowest BCUT2D eigenvalue weighted by atomic mass is 10.1. The Balaban J connectivity index is 2.88. The maximum atomic E-state index is 12.6. The predicted octanol–water partition coefficient (Wildman–Crippen LogP) is 3.24. The van der Waals surface area contributed by atoms with Gasteiger partial charge in [0, 0.05) is 12.1 Å². The topological polar surface area (TPSA) is 50.7 Å². The van der Waals surface area contributed by atoms with E-state index in [1.807, 2.05) is 6.92 Å². The number of alkyl halides is 3. The van der Waals surface area contributed by atoms with Crippen LogP contribution in [-0.4, -0.2) is 25.1 Å². The van der Waals surface area contributed by atoms with Crippen LogP contribution in [0.2, 0.25) is 0 Å². The Labute approximate surface area is 121 Å². The Morgan fingerprint density at radius 2 is 2.05 bits per heavy atom. The summed E-state index contributed by atoms with van der Waals surface area (Å²) in [4.78, 5) is 15.9. The normalized spacial score (nSPS) is 12.1. The zero-order chi connectivity index (χ0) is 15.9. The first kappa shape index (κ1) is 17.0. The molecule has 4 nitrogen and oxygen atoms in total. The van der Waals surface area contributed by atoms with E-state index in [2.05, 4.69) is 10.3 Å². The fourth-order valence-corrected chi connectivity index (χ4v) is 1.48. The van der Waals surface area contributed by atoms with Gasteiger partial charge in [-0.05, 0) is 31.5 Å². The molecule has 0 fully saturated rings. The minimum atomic E-state index is -4.49. The number of hydrogen-bond acceptors (Lipinski definition) is 3. The molecule has 1 amide bonds. The van der Waals surface area contributed by atoms with Crippen LogP contribution in [0, 0.1) is 0 Å². The number of nitrogens with zero attached hydrogens (tertiary/aromatic N) is 1. The van der Waals surface area contributed by atoms with Crippen molar-refractivity contribution in [3.8, 4) is 0 Å². The summed E-state index contributed by atoms with van der Waals surface area (Å²) in [5, 5.41) is 2.37. The third-order valence-electron chi connectivity index (χ3n) is 2.43. The van der Waals surface area contributed by atoms with E-state index in [-0.39, 0.29) is 11.6 Å². The molecule has 0 unspecified atom stereocenters. The van der Waals surface area contributed by atoms with Crippen molar-refractivity contribution in [2.75, 3.05) is 13.2 Å². The molecule has 0 aromatic heterocycles. The maximum Gasteiger partial charge on any atom is 0.416 e. The molecule has 0 aliphatic carbocycles. The monoisotopic (exact) mass is 302 g/mol.